The first kappa shape index (κ1) is 19.1. The maximum absolute atomic E-state index is 12.2. The number of nitro benzene ring substituents is 1. The Hall–Kier alpha value is -3.22. The molecule has 136 valence electrons. The van der Waals surface area contributed by atoms with Crippen LogP contribution in [-0.4, -0.2) is 23.4 Å². The lowest BCUT2D eigenvalue weighted by Crippen LogP contribution is -2.24. The molecule has 0 fully saturated rings. The van der Waals surface area contributed by atoms with Crippen molar-refractivity contribution in [3.63, 3.8) is 0 Å². The summed E-state index contributed by atoms with van der Waals surface area (Å²) in [6.45, 7) is 3.11. The van der Waals surface area contributed by atoms with Crippen LogP contribution in [-0.2, 0) is 14.3 Å². The number of anilines is 1. The van der Waals surface area contributed by atoms with Crippen molar-refractivity contribution in [3.8, 4) is 0 Å². The van der Waals surface area contributed by atoms with E-state index in [2.05, 4.69) is 5.32 Å². The van der Waals surface area contributed by atoms with Crippen molar-refractivity contribution in [3.05, 3.63) is 69.8 Å². The fraction of sp³-hybridized carbons (Fsp3) is 0.263. The van der Waals surface area contributed by atoms with Crippen LogP contribution in [0.3, 0.4) is 0 Å². The molecule has 0 saturated carbocycles. The van der Waals surface area contributed by atoms with Crippen molar-refractivity contribution in [2.45, 2.75) is 26.2 Å². The number of aryl methyl sites for hydroxylation is 1. The van der Waals surface area contributed by atoms with Gasteiger partial charge in [-0.25, -0.2) is 0 Å². The second-order valence-electron chi connectivity index (χ2n) is 5.78. The van der Waals surface area contributed by atoms with Gasteiger partial charge in [0, 0.05) is 17.8 Å². The maximum atomic E-state index is 12.2. The molecule has 0 unspecified atom stereocenters. The first-order valence-corrected chi connectivity index (χ1v) is 8.18. The summed E-state index contributed by atoms with van der Waals surface area (Å²) < 4.78 is 5.13. The van der Waals surface area contributed by atoms with Crippen LogP contribution in [0.15, 0.2) is 48.5 Å². The van der Waals surface area contributed by atoms with Crippen LogP contribution in [0.2, 0.25) is 0 Å². The van der Waals surface area contributed by atoms with Crippen molar-refractivity contribution in [2.75, 3.05) is 11.9 Å². The van der Waals surface area contributed by atoms with Crippen LogP contribution >= 0.6 is 0 Å². The van der Waals surface area contributed by atoms with Gasteiger partial charge in [0.05, 0.1) is 10.8 Å². The number of hydrogen-bond donors (Lipinski definition) is 1. The monoisotopic (exact) mass is 356 g/mol. The molecule has 26 heavy (non-hydrogen) atoms. The molecular formula is C19H20N2O5. The summed E-state index contributed by atoms with van der Waals surface area (Å²) in [5.41, 5.74) is 1.77. The van der Waals surface area contributed by atoms with E-state index in [1.807, 2.05) is 37.3 Å². The minimum atomic E-state index is -0.505. The fourth-order valence-corrected chi connectivity index (χ4v) is 2.55. The van der Waals surface area contributed by atoms with Gasteiger partial charge in [0.1, 0.15) is 0 Å². The second-order valence-corrected chi connectivity index (χ2v) is 5.78. The van der Waals surface area contributed by atoms with Crippen molar-refractivity contribution >= 4 is 23.3 Å². The molecule has 0 saturated heterocycles. The Bertz CT molecular complexity index is 805. The van der Waals surface area contributed by atoms with Gasteiger partial charge < -0.3 is 10.1 Å². The van der Waals surface area contributed by atoms with Crippen LogP contribution in [0.1, 0.15) is 30.4 Å². The lowest BCUT2D eigenvalue weighted by molar-refractivity contribution is -0.384. The van der Waals surface area contributed by atoms with Gasteiger partial charge in [-0.15, -0.1) is 0 Å². The Labute approximate surface area is 151 Å². The van der Waals surface area contributed by atoms with Crippen molar-refractivity contribution < 1.29 is 19.2 Å². The summed E-state index contributed by atoms with van der Waals surface area (Å²) in [6.07, 6.45) is 0.561. The molecule has 0 aliphatic carbocycles. The quantitative estimate of drug-likeness (QED) is 0.464. The molecular weight excluding hydrogens is 336 g/mol. The van der Waals surface area contributed by atoms with Gasteiger partial charge in [-0.2, -0.15) is 0 Å². The van der Waals surface area contributed by atoms with E-state index in [9.17, 15) is 19.7 Å². The Morgan fingerprint density at radius 1 is 1.19 bits per heavy atom. The Morgan fingerprint density at radius 2 is 1.88 bits per heavy atom. The van der Waals surface area contributed by atoms with Crippen molar-refractivity contribution in [2.24, 2.45) is 0 Å². The molecule has 0 spiro atoms. The predicted molar refractivity (Wildman–Crippen MR) is 96.9 cm³/mol. The third-order valence-corrected chi connectivity index (χ3v) is 3.94. The Balaban J connectivity index is 1.94. The molecule has 0 bridgehead atoms. The van der Waals surface area contributed by atoms with Crippen molar-refractivity contribution in [1.82, 2.24) is 0 Å². The number of hydrogen-bond acceptors (Lipinski definition) is 5. The zero-order chi connectivity index (χ0) is 19.1. The molecule has 1 atom stereocenters. The zero-order valence-corrected chi connectivity index (χ0v) is 14.6. The SMILES string of the molecule is CC[C@H](C(=O)OCC(=O)Nc1ccc([N+](=O)[O-])cc1C)c1ccccc1. The minimum Gasteiger partial charge on any atom is -0.455 e. The fourth-order valence-electron chi connectivity index (χ4n) is 2.55. The maximum Gasteiger partial charge on any atom is 0.313 e. The van der Waals surface area contributed by atoms with Gasteiger partial charge >= 0.3 is 5.97 Å². The van der Waals surface area contributed by atoms with Gasteiger partial charge in [0.2, 0.25) is 0 Å². The van der Waals surface area contributed by atoms with E-state index >= 15 is 0 Å². The third-order valence-electron chi connectivity index (χ3n) is 3.94. The Morgan fingerprint density at radius 3 is 2.46 bits per heavy atom. The number of esters is 1. The predicted octanol–water partition coefficient (Wildman–Crippen LogP) is 3.58. The van der Waals surface area contributed by atoms with Gasteiger partial charge in [-0.05, 0) is 30.5 Å². The highest BCUT2D eigenvalue weighted by Crippen LogP contribution is 2.22. The molecule has 0 aliphatic rings. The first-order valence-electron chi connectivity index (χ1n) is 8.18. The van der Waals surface area contributed by atoms with Crippen LogP contribution in [0.25, 0.3) is 0 Å². The van der Waals surface area contributed by atoms with Crippen LogP contribution in [0, 0.1) is 17.0 Å². The molecule has 0 radical (unpaired) electrons. The highest BCUT2D eigenvalue weighted by Gasteiger charge is 2.21. The van der Waals surface area contributed by atoms with Crippen LogP contribution in [0.5, 0.6) is 0 Å². The number of nitro groups is 1. The molecule has 2 rings (SSSR count). The standard InChI is InChI=1S/C19H20N2O5/c1-3-16(14-7-5-4-6-8-14)19(23)26-12-18(22)20-17-10-9-15(21(24)25)11-13(17)2/h4-11,16H,3,12H2,1-2H3,(H,20,22)/t16-/m0/s1. The number of ether oxygens (including phenoxy) is 1. The highest BCUT2D eigenvalue weighted by molar-refractivity contribution is 5.94. The van der Waals surface area contributed by atoms with Gasteiger partial charge in [0.25, 0.3) is 11.6 Å². The summed E-state index contributed by atoms with van der Waals surface area (Å²) in [6, 6.07) is 13.4. The Kier molecular flexibility index (Phi) is 6.43. The number of nitrogens with one attached hydrogen (secondary N) is 1. The third kappa shape index (κ3) is 4.89. The number of non-ortho nitro benzene ring substituents is 1. The molecule has 0 aliphatic heterocycles. The van der Waals surface area contributed by atoms with E-state index in [1.54, 1.807) is 6.92 Å². The number of amides is 1. The smallest absolute Gasteiger partial charge is 0.313 e. The molecule has 1 amide bonds. The molecule has 7 heteroatoms. The van der Waals surface area contributed by atoms with Gasteiger partial charge in [0.15, 0.2) is 6.61 Å². The summed E-state index contributed by atoms with van der Waals surface area (Å²) in [4.78, 5) is 34.5. The molecule has 7 nitrogen and oxygen atoms in total. The number of rotatable bonds is 7. The average molecular weight is 356 g/mol. The van der Waals surface area contributed by atoms with E-state index < -0.39 is 29.3 Å². The van der Waals surface area contributed by atoms with E-state index in [0.717, 1.165) is 5.56 Å². The molecule has 0 aromatic heterocycles. The molecule has 1 N–H and O–H groups in total. The summed E-state index contributed by atoms with van der Waals surface area (Å²) in [5.74, 6) is -1.39. The number of nitrogens with zero attached hydrogens (tertiary/aromatic N) is 1. The van der Waals surface area contributed by atoms with Crippen molar-refractivity contribution in [1.29, 1.82) is 0 Å². The lowest BCUT2D eigenvalue weighted by atomic mass is 9.97. The first-order chi connectivity index (χ1) is 12.4. The van der Waals surface area contributed by atoms with Crippen LogP contribution < -0.4 is 5.32 Å². The van der Waals surface area contributed by atoms with Gasteiger partial charge in [-0.3, -0.25) is 19.7 Å². The topological polar surface area (TPSA) is 98.5 Å². The summed E-state index contributed by atoms with van der Waals surface area (Å²) >= 11 is 0. The van der Waals surface area contributed by atoms with E-state index in [0.29, 0.717) is 17.7 Å². The van der Waals surface area contributed by atoms with E-state index in [-0.39, 0.29) is 5.69 Å². The molecule has 2 aromatic carbocycles. The highest BCUT2D eigenvalue weighted by atomic mass is 16.6. The average Bonchev–Trinajstić information content (AvgIpc) is 2.63. The molecule has 0 heterocycles. The van der Waals surface area contributed by atoms with E-state index in [4.69, 9.17) is 4.74 Å². The second kappa shape index (κ2) is 8.75. The summed E-state index contributed by atoms with van der Waals surface area (Å²) in [7, 11) is 0. The normalized spacial score (nSPS) is 11.5. The summed E-state index contributed by atoms with van der Waals surface area (Å²) in [5, 5.41) is 13.3. The number of benzene rings is 2. The lowest BCUT2D eigenvalue weighted by Gasteiger charge is -2.14. The van der Waals surface area contributed by atoms with Crippen LogP contribution in [0.4, 0.5) is 11.4 Å². The largest absolute Gasteiger partial charge is 0.455 e. The number of carbonyl (C=O) groups is 2. The minimum absolute atomic E-state index is 0.0550. The molecule has 2 aromatic rings. The van der Waals surface area contributed by atoms with Gasteiger partial charge in [-0.1, -0.05) is 37.3 Å². The number of carbonyl (C=O) groups excluding carboxylic acids is 2. The zero-order valence-electron chi connectivity index (χ0n) is 14.6. The van der Waals surface area contributed by atoms with E-state index in [1.165, 1.54) is 18.2 Å².